The second kappa shape index (κ2) is 6.48. The van der Waals surface area contributed by atoms with Crippen molar-refractivity contribution in [2.24, 2.45) is 0 Å². The van der Waals surface area contributed by atoms with Gasteiger partial charge in [0.25, 0.3) is 5.69 Å². The quantitative estimate of drug-likeness (QED) is 0.257. The summed E-state index contributed by atoms with van der Waals surface area (Å²) in [6, 6.07) is 3.74. The van der Waals surface area contributed by atoms with E-state index in [2.05, 4.69) is 0 Å². The average Bonchev–Trinajstić information content (AvgIpc) is 2.36. The Balaban J connectivity index is 2.93. The van der Waals surface area contributed by atoms with Crippen LogP contribution < -0.4 is 4.74 Å². The molecule has 102 valence electrons. The van der Waals surface area contributed by atoms with Gasteiger partial charge < -0.3 is 9.47 Å². The largest absolute Gasteiger partial charge is 0.455 e. The predicted octanol–water partition coefficient (Wildman–Crippen LogP) is 2.09. The molecule has 1 aromatic carbocycles. The van der Waals surface area contributed by atoms with Crippen LogP contribution in [0.5, 0.6) is 5.75 Å². The highest BCUT2D eigenvalue weighted by Gasteiger charge is 2.16. The smallest absolute Gasteiger partial charge is 0.305 e. The van der Waals surface area contributed by atoms with E-state index in [9.17, 15) is 19.7 Å². The van der Waals surface area contributed by atoms with Crippen LogP contribution in [0.2, 0.25) is 0 Å². The molecule has 1 unspecified atom stereocenters. The van der Waals surface area contributed by atoms with Gasteiger partial charge in [0, 0.05) is 19.4 Å². The fourth-order valence-electron chi connectivity index (χ4n) is 1.39. The predicted molar refractivity (Wildman–Crippen MR) is 65.0 cm³/mol. The number of nitrogens with zero attached hydrogens (tertiary/aromatic N) is 1. The molecule has 0 spiro atoms. The number of aldehydes is 1. The summed E-state index contributed by atoms with van der Waals surface area (Å²) in [4.78, 5) is 31.6. The van der Waals surface area contributed by atoms with Crippen molar-refractivity contribution in [2.45, 2.75) is 26.6 Å². The highest BCUT2D eigenvalue weighted by atomic mass is 16.7. The number of carbonyl (C=O) groups is 2. The van der Waals surface area contributed by atoms with Gasteiger partial charge in [-0.2, -0.15) is 0 Å². The first kappa shape index (κ1) is 14.6. The first-order valence-electron chi connectivity index (χ1n) is 5.55. The summed E-state index contributed by atoms with van der Waals surface area (Å²) < 4.78 is 10.2. The number of nitro groups is 1. The minimum absolute atomic E-state index is 0.0971. The number of rotatable bonds is 6. The molecular formula is C12H13NO6. The third-order valence-electron chi connectivity index (χ3n) is 2.22. The minimum Gasteiger partial charge on any atom is -0.455 e. The molecule has 0 amide bonds. The Morgan fingerprint density at radius 3 is 2.68 bits per heavy atom. The molecule has 0 aliphatic heterocycles. The maximum atomic E-state index is 10.8. The van der Waals surface area contributed by atoms with Gasteiger partial charge >= 0.3 is 5.97 Å². The van der Waals surface area contributed by atoms with Crippen molar-refractivity contribution in [3.8, 4) is 5.75 Å². The molecule has 7 nitrogen and oxygen atoms in total. The van der Waals surface area contributed by atoms with Gasteiger partial charge in [-0.15, -0.1) is 0 Å². The van der Waals surface area contributed by atoms with Gasteiger partial charge in [-0.1, -0.05) is 6.92 Å². The molecule has 0 aliphatic rings. The van der Waals surface area contributed by atoms with Crippen molar-refractivity contribution < 1.29 is 24.0 Å². The van der Waals surface area contributed by atoms with E-state index in [1.807, 2.05) is 0 Å². The van der Waals surface area contributed by atoms with E-state index in [1.54, 1.807) is 6.92 Å². The monoisotopic (exact) mass is 267 g/mol. The maximum Gasteiger partial charge on any atom is 0.305 e. The van der Waals surface area contributed by atoms with Crippen LogP contribution in [0, 0.1) is 10.1 Å². The molecule has 0 aromatic heterocycles. The molecule has 0 fully saturated rings. The summed E-state index contributed by atoms with van der Waals surface area (Å²) in [5.74, 6) is -0.273. The van der Waals surface area contributed by atoms with Crippen molar-refractivity contribution in [3.63, 3.8) is 0 Å². The standard InChI is InChI=1S/C12H13NO6/c1-3-12(18-8(2)15)19-10-4-5-11(13(16)17)9(6-10)7-14/h4-7,12H,3H2,1-2H3. The average molecular weight is 267 g/mol. The Labute approximate surface area is 109 Å². The van der Waals surface area contributed by atoms with Gasteiger partial charge in [-0.25, -0.2) is 0 Å². The SMILES string of the molecule is CCC(OC(C)=O)Oc1ccc([N+](=O)[O-])c(C=O)c1. The summed E-state index contributed by atoms with van der Waals surface area (Å²) in [6.45, 7) is 3.00. The highest BCUT2D eigenvalue weighted by Crippen LogP contribution is 2.23. The van der Waals surface area contributed by atoms with E-state index in [0.29, 0.717) is 12.7 Å². The Kier molecular flexibility index (Phi) is 4.99. The second-order valence-electron chi connectivity index (χ2n) is 3.66. The van der Waals surface area contributed by atoms with Gasteiger partial charge in [-0.05, 0) is 12.1 Å². The molecule has 0 saturated heterocycles. The molecule has 1 rings (SSSR count). The fraction of sp³-hybridized carbons (Fsp3) is 0.333. The zero-order chi connectivity index (χ0) is 14.4. The van der Waals surface area contributed by atoms with Gasteiger partial charge in [0.15, 0.2) is 6.29 Å². The summed E-state index contributed by atoms with van der Waals surface area (Å²) >= 11 is 0. The minimum atomic E-state index is -0.793. The van der Waals surface area contributed by atoms with E-state index in [0.717, 1.165) is 0 Å². The third-order valence-corrected chi connectivity index (χ3v) is 2.22. The first-order chi connectivity index (χ1) is 8.97. The molecule has 0 saturated carbocycles. The molecule has 0 heterocycles. The third kappa shape index (κ3) is 4.06. The molecule has 1 atom stereocenters. The lowest BCUT2D eigenvalue weighted by Crippen LogP contribution is -2.22. The summed E-state index contributed by atoms with van der Waals surface area (Å²) in [7, 11) is 0. The molecule has 7 heteroatoms. The van der Waals surface area contributed by atoms with Crippen molar-refractivity contribution >= 4 is 17.9 Å². The van der Waals surface area contributed by atoms with Crippen LogP contribution in [0.25, 0.3) is 0 Å². The number of hydrogen-bond acceptors (Lipinski definition) is 6. The Hall–Kier alpha value is -2.44. The topological polar surface area (TPSA) is 95.7 Å². The number of carbonyl (C=O) groups excluding carboxylic acids is 2. The highest BCUT2D eigenvalue weighted by molar-refractivity contribution is 5.82. The van der Waals surface area contributed by atoms with Gasteiger partial charge in [0.1, 0.15) is 5.75 Å². The molecule has 0 aliphatic carbocycles. The maximum absolute atomic E-state index is 10.8. The molecule has 1 aromatic rings. The number of hydrogen-bond donors (Lipinski definition) is 0. The molecule has 0 radical (unpaired) electrons. The number of esters is 1. The summed E-state index contributed by atoms with van der Waals surface area (Å²) in [5.41, 5.74) is -0.400. The van der Waals surface area contributed by atoms with Crippen LogP contribution in [0.3, 0.4) is 0 Å². The van der Waals surface area contributed by atoms with Gasteiger partial charge in [0.2, 0.25) is 6.29 Å². The van der Waals surface area contributed by atoms with Crippen LogP contribution in [-0.4, -0.2) is 23.5 Å². The Morgan fingerprint density at radius 1 is 1.53 bits per heavy atom. The number of ether oxygens (including phenoxy) is 2. The number of benzene rings is 1. The zero-order valence-electron chi connectivity index (χ0n) is 10.5. The van der Waals surface area contributed by atoms with Gasteiger partial charge in [0.05, 0.1) is 10.5 Å². The van der Waals surface area contributed by atoms with Crippen molar-refractivity contribution in [1.82, 2.24) is 0 Å². The summed E-state index contributed by atoms with van der Waals surface area (Å²) in [5, 5.41) is 10.7. The lowest BCUT2D eigenvalue weighted by molar-refractivity contribution is -0.385. The van der Waals surface area contributed by atoms with Crippen LogP contribution in [0.15, 0.2) is 18.2 Å². The molecule has 0 N–H and O–H groups in total. The molecule has 19 heavy (non-hydrogen) atoms. The Bertz CT molecular complexity index is 499. The Morgan fingerprint density at radius 2 is 2.21 bits per heavy atom. The van der Waals surface area contributed by atoms with Crippen molar-refractivity contribution in [2.75, 3.05) is 0 Å². The van der Waals surface area contributed by atoms with E-state index in [4.69, 9.17) is 9.47 Å². The van der Waals surface area contributed by atoms with E-state index >= 15 is 0 Å². The second-order valence-corrected chi connectivity index (χ2v) is 3.66. The lowest BCUT2D eigenvalue weighted by Gasteiger charge is -2.17. The number of nitro benzene ring substituents is 1. The van der Waals surface area contributed by atoms with Crippen molar-refractivity contribution in [1.29, 1.82) is 0 Å². The van der Waals surface area contributed by atoms with E-state index in [-0.39, 0.29) is 17.0 Å². The van der Waals surface area contributed by atoms with Crippen LogP contribution >= 0.6 is 0 Å². The lowest BCUT2D eigenvalue weighted by atomic mass is 10.2. The van der Waals surface area contributed by atoms with Crippen LogP contribution in [0.4, 0.5) is 5.69 Å². The fourth-order valence-corrected chi connectivity index (χ4v) is 1.39. The van der Waals surface area contributed by atoms with Gasteiger partial charge in [-0.3, -0.25) is 19.7 Å². The van der Waals surface area contributed by atoms with Crippen LogP contribution in [-0.2, 0) is 9.53 Å². The molecular weight excluding hydrogens is 254 g/mol. The van der Waals surface area contributed by atoms with Crippen LogP contribution in [0.1, 0.15) is 30.6 Å². The summed E-state index contributed by atoms with van der Waals surface area (Å²) in [6.07, 6.45) is -0.0106. The normalized spacial score (nSPS) is 11.5. The van der Waals surface area contributed by atoms with E-state index in [1.165, 1.54) is 25.1 Å². The van der Waals surface area contributed by atoms with E-state index < -0.39 is 17.2 Å². The van der Waals surface area contributed by atoms with Crippen molar-refractivity contribution in [3.05, 3.63) is 33.9 Å². The first-order valence-corrected chi connectivity index (χ1v) is 5.55. The zero-order valence-corrected chi connectivity index (χ0v) is 10.5. The molecule has 0 bridgehead atoms.